The van der Waals surface area contributed by atoms with E-state index in [1.807, 2.05) is 13.0 Å². The minimum absolute atomic E-state index is 0.100. The normalized spacial score (nSPS) is 10.8. The van der Waals surface area contributed by atoms with Gasteiger partial charge in [-0.3, -0.25) is 0 Å². The summed E-state index contributed by atoms with van der Waals surface area (Å²) in [6.45, 7) is 1.84. The molecule has 0 atom stereocenters. The molecule has 3 heteroatoms. The van der Waals surface area contributed by atoms with Gasteiger partial charge in [-0.05, 0) is 25.1 Å². The van der Waals surface area contributed by atoms with E-state index in [1.54, 1.807) is 6.07 Å². The Labute approximate surface area is 69.4 Å². The smallest absolute Gasteiger partial charge is 0.139 e. The first-order valence-corrected chi connectivity index (χ1v) is 3.66. The molecule has 3 nitrogen and oxygen atoms in total. The second-order valence-corrected chi connectivity index (χ2v) is 2.77. The lowest BCUT2D eigenvalue weighted by molar-refractivity contribution is 0.478. The van der Waals surface area contributed by atoms with Gasteiger partial charge >= 0.3 is 0 Å². The topological polar surface area (TPSA) is 59.4 Å². The lowest BCUT2D eigenvalue weighted by Gasteiger charge is -1.97. The molecule has 0 spiro atoms. The number of hydrogen-bond acceptors (Lipinski definition) is 3. The number of anilines is 1. The van der Waals surface area contributed by atoms with Gasteiger partial charge in [-0.2, -0.15) is 0 Å². The molecule has 1 heterocycles. The molecule has 0 aliphatic carbocycles. The van der Waals surface area contributed by atoms with Crippen LogP contribution in [-0.4, -0.2) is 5.11 Å². The number of hydrogen-bond donors (Lipinski definition) is 2. The highest BCUT2D eigenvalue weighted by Crippen LogP contribution is 2.31. The maximum absolute atomic E-state index is 9.26. The summed E-state index contributed by atoms with van der Waals surface area (Å²) in [6.07, 6.45) is 0. The van der Waals surface area contributed by atoms with E-state index >= 15 is 0 Å². The number of nitrogens with two attached hydrogens (primary N) is 1. The largest absolute Gasteiger partial charge is 0.506 e. The van der Waals surface area contributed by atoms with E-state index in [4.69, 9.17) is 10.2 Å². The third-order valence-corrected chi connectivity index (χ3v) is 1.84. The van der Waals surface area contributed by atoms with Crippen LogP contribution in [0.3, 0.4) is 0 Å². The van der Waals surface area contributed by atoms with E-state index < -0.39 is 0 Å². The molecule has 0 unspecified atom stereocenters. The summed E-state index contributed by atoms with van der Waals surface area (Å²) < 4.78 is 5.31. The highest BCUT2D eigenvalue weighted by Gasteiger charge is 2.06. The fourth-order valence-corrected chi connectivity index (χ4v) is 1.25. The highest BCUT2D eigenvalue weighted by atomic mass is 16.3. The van der Waals surface area contributed by atoms with Crippen molar-refractivity contribution >= 4 is 16.7 Å². The van der Waals surface area contributed by atoms with Crippen molar-refractivity contribution in [3.05, 3.63) is 24.0 Å². The molecule has 0 radical (unpaired) electrons. The van der Waals surface area contributed by atoms with E-state index in [0.717, 1.165) is 11.1 Å². The van der Waals surface area contributed by atoms with Gasteiger partial charge in [0.15, 0.2) is 0 Å². The lowest BCUT2D eigenvalue weighted by Crippen LogP contribution is -1.84. The average molecular weight is 163 g/mol. The van der Waals surface area contributed by atoms with Gasteiger partial charge in [0.1, 0.15) is 17.1 Å². The quantitative estimate of drug-likeness (QED) is 0.461. The van der Waals surface area contributed by atoms with Crippen molar-refractivity contribution in [2.24, 2.45) is 0 Å². The van der Waals surface area contributed by atoms with E-state index in [1.165, 1.54) is 6.07 Å². The maximum atomic E-state index is 9.26. The Morgan fingerprint density at radius 1 is 1.42 bits per heavy atom. The zero-order valence-electron chi connectivity index (χ0n) is 6.66. The lowest BCUT2D eigenvalue weighted by atomic mass is 10.2. The van der Waals surface area contributed by atoms with Crippen LogP contribution < -0.4 is 5.73 Å². The third-order valence-electron chi connectivity index (χ3n) is 1.84. The van der Waals surface area contributed by atoms with Crippen LogP contribution in [0.15, 0.2) is 22.6 Å². The van der Waals surface area contributed by atoms with Gasteiger partial charge in [-0.25, -0.2) is 0 Å². The van der Waals surface area contributed by atoms with Crippen molar-refractivity contribution in [3.8, 4) is 5.75 Å². The van der Waals surface area contributed by atoms with E-state index in [-0.39, 0.29) is 5.75 Å². The second-order valence-electron chi connectivity index (χ2n) is 2.77. The Morgan fingerprint density at radius 2 is 2.17 bits per heavy atom. The molecule has 0 aliphatic rings. The molecule has 0 saturated carbocycles. The van der Waals surface area contributed by atoms with Crippen molar-refractivity contribution in [3.63, 3.8) is 0 Å². The SMILES string of the molecule is Cc1cc2c(N)c(O)ccc2o1. The number of furan rings is 1. The number of phenolic OH excluding ortho intramolecular Hbond substituents is 1. The molecule has 2 aromatic rings. The minimum atomic E-state index is 0.100. The highest BCUT2D eigenvalue weighted by molar-refractivity contribution is 5.92. The first kappa shape index (κ1) is 7.03. The molecular formula is C9H9NO2. The summed E-state index contributed by atoms with van der Waals surface area (Å²) in [4.78, 5) is 0. The molecule has 0 bridgehead atoms. The zero-order valence-corrected chi connectivity index (χ0v) is 6.66. The molecule has 0 fully saturated rings. The van der Waals surface area contributed by atoms with Crippen molar-refractivity contribution in [2.75, 3.05) is 5.73 Å². The fraction of sp³-hybridized carbons (Fsp3) is 0.111. The first-order valence-electron chi connectivity index (χ1n) is 3.66. The third kappa shape index (κ3) is 0.830. The van der Waals surface area contributed by atoms with Crippen LogP contribution in [0, 0.1) is 6.92 Å². The summed E-state index contributed by atoms with van der Waals surface area (Å²) in [5.41, 5.74) is 6.71. The van der Waals surface area contributed by atoms with Gasteiger partial charge in [0, 0.05) is 5.39 Å². The number of rotatable bonds is 0. The molecule has 1 aromatic carbocycles. The van der Waals surface area contributed by atoms with Crippen LogP contribution in [0.2, 0.25) is 0 Å². The molecule has 0 saturated heterocycles. The second kappa shape index (κ2) is 2.17. The van der Waals surface area contributed by atoms with Gasteiger partial charge in [0.25, 0.3) is 0 Å². The monoisotopic (exact) mass is 163 g/mol. The number of nitrogen functional groups attached to an aromatic ring is 1. The molecule has 12 heavy (non-hydrogen) atoms. The first-order chi connectivity index (χ1) is 5.68. The van der Waals surface area contributed by atoms with Crippen LogP contribution in [-0.2, 0) is 0 Å². The molecule has 0 amide bonds. The predicted octanol–water partition coefficient (Wildman–Crippen LogP) is 2.03. The van der Waals surface area contributed by atoms with E-state index in [9.17, 15) is 5.11 Å². The van der Waals surface area contributed by atoms with Crippen molar-refractivity contribution in [1.29, 1.82) is 0 Å². The molecule has 1 aromatic heterocycles. The van der Waals surface area contributed by atoms with Crippen LogP contribution in [0.4, 0.5) is 5.69 Å². The summed E-state index contributed by atoms with van der Waals surface area (Å²) in [5.74, 6) is 0.894. The van der Waals surface area contributed by atoms with Crippen LogP contribution in [0.1, 0.15) is 5.76 Å². The molecule has 62 valence electrons. The number of phenols is 1. The number of benzene rings is 1. The van der Waals surface area contributed by atoms with Crippen LogP contribution >= 0.6 is 0 Å². The average Bonchev–Trinajstić information content (AvgIpc) is 2.39. The zero-order chi connectivity index (χ0) is 8.72. The van der Waals surface area contributed by atoms with Crippen LogP contribution in [0.25, 0.3) is 11.0 Å². The molecular weight excluding hydrogens is 154 g/mol. The van der Waals surface area contributed by atoms with Crippen molar-refractivity contribution in [2.45, 2.75) is 6.92 Å². The Bertz CT molecular complexity index is 431. The van der Waals surface area contributed by atoms with E-state index in [0.29, 0.717) is 11.3 Å². The maximum Gasteiger partial charge on any atom is 0.139 e. The van der Waals surface area contributed by atoms with E-state index in [2.05, 4.69) is 0 Å². The summed E-state index contributed by atoms with van der Waals surface area (Å²) in [5, 5.41) is 10.0. The Morgan fingerprint density at radius 3 is 2.92 bits per heavy atom. The van der Waals surface area contributed by atoms with Gasteiger partial charge < -0.3 is 15.3 Å². The Balaban J connectivity index is 2.89. The number of fused-ring (bicyclic) bond motifs is 1. The molecule has 2 rings (SSSR count). The molecule has 3 N–H and O–H groups in total. The predicted molar refractivity (Wildman–Crippen MR) is 47.0 cm³/mol. The van der Waals surface area contributed by atoms with Gasteiger partial charge in [0.2, 0.25) is 0 Å². The standard InChI is InChI=1S/C9H9NO2/c1-5-4-6-8(12-5)3-2-7(11)9(6)10/h2-4,11H,10H2,1H3. The molecule has 0 aliphatic heterocycles. The summed E-state index contributed by atoms with van der Waals surface area (Å²) in [6, 6.07) is 5.04. The van der Waals surface area contributed by atoms with Gasteiger partial charge in [0.05, 0.1) is 5.69 Å². The minimum Gasteiger partial charge on any atom is -0.506 e. The van der Waals surface area contributed by atoms with Crippen molar-refractivity contribution in [1.82, 2.24) is 0 Å². The number of aromatic hydroxyl groups is 1. The number of aryl methyl sites for hydroxylation is 1. The Kier molecular flexibility index (Phi) is 1.27. The Hall–Kier alpha value is -1.64. The van der Waals surface area contributed by atoms with Crippen molar-refractivity contribution < 1.29 is 9.52 Å². The van der Waals surface area contributed by atoms with Gasteiger partial charge in [-0.1, -0.05) is 0 Å². The summed E-state index contributed by atoms with van der Waals surface area (Å²) >= 11 is 0. The van der Waals surface area contributed by atoms with Crippen LogP contribution in [0.5, 0.6) is 5.75 Å². The van der Waals surface area contributed by atoms with Gasteiger partial charge in [-0.15, -0.1) is 0 Å². The fourth-order valence-electron chi connectivity index (χ4n) is 1.25. The summed E-state index contributed by atoms with van der Waals surface area (Å²) in [7, 11) is 0.